The van der Waals surface area contributed by atoms with E-state index in [1.54, 1.807) is 11.3 Å². The molecule has 96 valence electrons. The van der Waals surface area contributed by atoms with Gasteiger partial charge in [-0.15, -0.1) is 11.3 Å². The van der Waals surface area contributed by atoms with Gasteiger partial charge >= 0.3 is 0 Å². The molecule has 0 aliphatic carbocycles. The molecule has 1 atom stereocenters. The van der Waals surface area contributed by atoms with Crippen molar-refractivity contribution >= 4 is 11.3 Å². The van der Waals surface area contributed by atoms with Crippen LogP contribution in [0.4, 0.5) is 0 Å². The van der Waals surface area contributed by atoms with E-state index < -0.39 is 0 Å². The van der Waals surface area contributed by atoms with Crippen molar-refractivity contribution in [1.29, 1.82) is 0 Å². The number of nitrogens with one attached hydrogen (secondary N) is 2. The predicted octanol–water partition coefficient (Wildman–Crippen LogP) is 2.50. The van der Waals surface area contributed by atoms with Gasteiger partial charge in [0.25, 0.3) is 0 Å². The first-order chi connectivity index (χ1) is 8.18. The van der Waals surface area contributed by atoms with E-state index in [1.165, 1.54) is 37.2 Å². The summed E-state index contributed by atoms with van der Waals surface area (Å²) in [5, 5.41) is 10.5. The number of rotatable bonds is 4. The van der Waals surface area contributed by atoms with Crippen LogP contribution in [-0.4, -0.2) is 24.1 Å². The number of hydrogen-bond acceptors (Lipinski definition) is 4. The minimum atomic E-state index is -0.0118. The highest BCUT2D eigenvalue weighted by molar-refractivity contribution is 7.09. The first-order valence-corrected chi connectivity index (χ1v) is 7.45. The highest BCUT2D eigenvalue weighted by Crippen LogP contribution is 2.22. The summed E-state index contributed by atoms with van der Waals surface area (Å²) in [6, 6.07) is 0.622. The van der Waals surface area contributed by atoms with Crippen LogP contribution < -0.4 is 10.6 Å². The van der Waals surface area contributed by atoms with Crippen LogP contribution in [-0.2, 0) is 5.54 Å². The van der Waals surface area contributed by atoms with Crippen molar-refractivity contribution in [2.45, 2.75) is 51.1 Å². The third-order valence-corrected chi connectivity index (χ3v) is 4.52. The van der Waals surface area contributed by atoms with Gasteiger partial charge in [-0.05, 0) is 33.2 Å². The Hall–Kier alpha value is -0.450. The first kappa shape index (κ1) is 13.0. The van der Waals surface area contributed by atoms with Gasteiger partial charge in [0.2, 0.25) is 0 Å². The van der Waals surface area contributed by atoms with E-state index in [-0.39, 0.29) is 5.54 Å². The third kappa shape index (κ3) is 3.76. The average Bonchev–Trinajstić information content (AvgIpc) is 2.72. The maximum absolute atomic E-state index is 4.41. The van der Waals surface area contributed by atoms with Crippen LogP contribution in [0.3, 0.4) is 0 Å². The summed E-state index contributed by atoms with van der Waals surface area (Å²) in [4.78, 5) is 4.41. The van der Waals surface area contributed by atoms with Gasteiger partial charge in [-0.3, -0.25) is 0 Å². The summed E-state index contributed by atoms with van der Waals surface area (Å²) in [5.41, 5.74) is -0.0118. The van der Waals surface area contributed by atoms with Crippen molar-refractivity contribution in [3.63, 3.8) is 0 Å². The summed E-state index contributed by atoms with van der Waals surface area (Å²) in [5.74, 6) is 0. The van der Waals surface area contributed by atoms with E-state index in [0.29, 0.717) is 6.04 Å². The molecule has 1 unspecified atom stereocenters. The second-order valence-electron chi connectivity index (χ2n) is 5.34. The molecular weight excluding hydrogens is 230 g/mol. The van der Waals surface area contributed by atoms with Crippen molar-refractivity contribution in [1.82, 2.24) is 15.6 Å². The zero-order valence-corrected chi connectivity index (χ0v) is 11.6. The summed E-state index contributed by atoms with van der Waals surface area (Å²) in [6.45, 7) is 6.63. The second kappa shape index (κ2) is 5.94. The quantitative estimate of drug-likeness (QED) is 0.865. The fourth-order valence-electron chi connectivity index (χ4n) is 2.26. The average molecular weight is 253 g/mol. The first-order valence-electron chi connectivity index (χ1n) is 6.57. The Morgan fingerprint density at radius 3 is 3.12 bits per heavy atom. The zero-order valence-electron chi connectivity index (χ0n) is 10.8. The molecule has 0 radical (unpaired) electrons. The standard InChI is InChI=1S/C13H23N3S/c1-13(2,12-15-8-9-17-12)16-10-11-6-4-3-5-7-14-11/h8-9,11,14,16H,3-7,10H2,1-2H3. The normalized spacial score (nSPS) is 22.4. The Kier molecular flexibility index (Phi) is 4.54. The second-order valence-corrected chi connectivity index (χ2v) is 6.24. The molecule has 1 aliphatic heterocycles. The van der Waals surface area contributed by atoms with Crippen LogP contribution in [0, 0.1) is 0 Å². The number of nitrogens with zero attached hydrogens (tertiary/aromatic N) is 1. The topological polar surface area (TPSA) is 37.0 Å². The molecule has 3 nitrogen and oxygen atoms in total. The van der Waals surface area contributed by atoms with Crippen molar-refractivity contribution in [3.8, 4) is 0 Å². The van der Waals surface area contributed by atoms with Crippen molar-refractivity contribution < 1.29 is 0 Å². The summed E-state index contributed by atoms with van der Waals surface area (Å²) < 4.78 is 0. The lowest BCUT2D eigenvalue weighted by Crippen LogP contribution is -2.45. The molecular formula is C13H23N3S. The third-order valence-electron chi connectivity index (χ3n) is 3.42. The molecule has 1 aliphatic rings. The fraction of sp³-hybridized carbons (Fsp3) is 0.769. The molecule has 0 spiro atoms. The molecule has 0 saturated carbocycles. The molecule has 0 bridgehead atoms. The predicted molar refractivity (Wildman–Crippen MR) is 73.4 cm³/mol. The molecule has 1 fully saturated rings. The monoisotopic (exact) mass is 253 g/mol. The summed E-state index contributed by atoms with van der Waals surface area (Å²) in [7, 11) is 0. The summed E-state index contributed by atoms with van der Waals surface area (Å²) >= 11 is 1.73. The Morgan fingerprint density at radius 1 is 1.47 bits per heavy atom. The van der Waals surface area contributed by atoms with Crippen LogP contribution in [0.1, 0.15) is 44.5 Å². The SMILES string of the molecule is CC(C)(NCC1CCCCCN1)c1nccs1. The van der Waals surface area contributed by atoms with Gasteiger partial charge in [0.15, 0.2) is 0 Å². The van der Waals surface area contributed by atoms with E-state index in [0.717, 1.165) is 6.54 Å². The van der Waals surface area contributed by atoms with Crippen LogP contribution >= 0.6 is 11.3 Å². The van der Waals surface area contributed by atoms with E-state index in [2.05, 4.69) is 29.5 Å². The lowest BCUT2D eigenvalue weighted by Gasteiger charge is -2.27. The zero-order chi connectivity index (χ0) is 12.1. The lowest BCUT2D eigenvalue weighted by molar-refractivity contribution is 0.358. The van der Waals surface area contributed by atoms with Gasteiger partial charge in [0.1, 0.15) is 5.01 Å². The van der Waals surface area contributed by atoms with Gasteiger partial charge < -0.3 is 10.6 Å². The largest absolute Gasteiger partial charge is 0.313 e. The van der Waals surface area contributed by atoms with Crippen molar-refractivity contribution in [3.05, 3.63) is 16.6 Å². The Bertz CT molecular complexity index is 313. The smallest absolute Gasteiger partial charge is 0.112 e. The molecule has 0 amide bonds. The van der Waals surface area contributed by atoms with Gasteiger partial charge in [-0.2, -0.15) is 0 Å². The van der Waals surface area contributed by atoms with E-state index >= 15 is 0 Å². The van der Waals surface area contributed by atoms with Crippen LogP contribution in [0.15, 0.2) is 11.6 Å². The maximum atomic E-state index is 4.41. The molecule has 0 aromatic carbocycles. The van der Waals surface area contributed by atoms with Gasteiger partial charge in [-0.25, -0.2) is 4.98 Å². The molecule has 2 heterocycles. The Labute approximate surface area is 108 Å². The Morgan fingerprint density at radius 2 is 2.35 bits per heavy atom. The van der Waals surface area contributed by atoms with E-state index in [1.807, 2.05) is 11.6 Å². The Balaban J connectivity index is 1.84. The van der Waals surface area contributed by atoms with Crippen molar-refractivity contribution in [2.24, 2.45) is 0 Å². The number of aromatic nitrogens is 1. The molecule has 1 aromatic rings. The molecule has 1 aromatic heterocycles. The maximum Gasteiger partial charge on any atom is 0.112 e. The molecule has 1 saturated heterocycles. The van der Waals surface area contributed by atoms with Crippen LogP contribution in [0.25, 0.3) is 0 Å². The van der Waals surface area contributed by atoms with Crippen molar-refractivity contribution in [2.75, 3.05) is 13.1 Å². The molecule has 2 N–H and O–H groups in total. The fourth-order valence-corrected chi connectivity index (χ4v) is 3.00. The number of hydrogen-bond donors (Lipinski definition) is 2. The van der Waals surface area contributed by atoms with Gasteiger partial charge in [-0.1, -0.05) is 12.8 Å². The van der Waals surface area contributed by atoms with Crippen LogP contribution in [0.5, 0.6) is 0 Å². The van der Waals surface area contributed by atoms with E-state index in [9.17, 15) is 0 Å². The highest BCUT2D eigenvalue weighted by atomic mass is 32.1. The van der Waals surface area contributed by atoms with Crippen LogP contribution in [0.2, 0.25) is 0 Å². The summed E-state index contributed by atoms with van der Waals surface area (Å²) in [6.07, 6.45) is 7.23. The van der Waals surface area contributed by atoms with E-state index in [4.69, 9.17) is 0 Å². The molecule has 4 heteroatoms. The highest BCUT2D eigenvalue weighted by Gasteiger charge is 2.24. The molecule has 2 rings (SSSR count). The lowest BCUT2D eigenvalue weighted by atomic mass is 10.1. The minimum Gasteiger partial charge on any atom is -0.313 e. The molecule has 17 heavy (non-hydrogen) atoms. The minimum absolute atomic E-state index is 0.0118. The van der Waals surface area contributed by atoms with Gasteiger partial charge in [0.05, 0.1) is 5.54 Å². The van der Waals surface area contributed by atoms with Gasteiger partial charge in [0, 0.05) is 24.2 Å². The number of thiazole rings is 1.